The van der Waals surface area contributed by atoms with Crippen molar-refractivity contribution in [3.63, 3.8) is 0 Å². The van der Waals surface area contributed by atoms with Crippen molar-refractivity contribution in [3.8, 4) is 5.75 Å². The lowest BCUT2D eigenvalue weighted by molar-refractivity contribution is -0.146. The van der Waals surface area contributed by atoms with E-state index in [9.17, 15) is 14.7 Å². The van der Waals surface area contributed by atoms with Crippen LogP contribution in [0, 0.1) is 10.5 Å². The van der Waals surface area contributed by atoms with Gasteiger partial charge in [0.05, 0.1) is 17.8 Å². The second kappa shape index (κ2) is 10.6. The van der Waals surface area contributed by atoms with Gasteiger partial charge in [0.15, 0.2) is 5.60 Å². The quantitative estimate of drug-likeness (QED) is 0.397. The molecule has 0 fully saturated rings. The molecular formula is C27H31IN4O4. The van der Waals surface area contributed by atoms with Crippen LogP contribution in [-0.4, -0.2) is 37.6 Å². The van der Waals surface area contributed by atoms with Gasteiger partial charge in [-0.3, -0.25) is 14.2 Å². The van der Waals surface area contributed by atoms with E-state index in [1.165, 1.54) is 11.5 Å². The third kappa shape index (κ3) is 5.73. The first-order chi connectivity index (χ1) is 17.0. The molecule has 0 saturated carbocycles. The van der Waals surface area contributed by atoms with Gasteiger partial charge in [-0.1, -0.05) is 29.8 Å². The number of carbonyl (C=O) groups excluding carboxylic acids is 1. The lowest BCUT2D eigenvalue weighted by Crippen LogP contribution is -2.51. The number of benzene rings is 2. The number of nitrogens with one attached hydrogen (secondary N) is 1. The predicted octanol–water partition coefficient (Wildman–Crippen LogP) is 4.02. The largest absolute Gasteiger partial charge is 0.478 e. The summed E-state index contributed by atoms with van der Waals surface area (Å²) < 4.78 is 8.39. The number of rotatable bonds is 7. The van der Waals surface area contributed by atoms with E-state index in [0.717, 1.165) is 14.7 Å². The lowest BCUT2D eigenvalue weighted by Gasteiger charge is -2.35. The number of halogens is 1. The average Bonchev–Trinajstić information content (AvgIpc) is 2.84. The molecule has 1 unspecified atom stereocenters. The van der Waals surface area contributed by atoms with Gasteiger partial charge in [-0.15, -0.1) is 0 Å². The van der Waals surface area contributed by atoms with Crippen LogP contribution in [0.15, 0.2) is 53.3 Å². The van der Waals surface area contributed by atoms with E-state index in [1.807, 2.05) is 55.5 Å². The maximum atomic E-state index is 13.4. The molecule has 0 aliphatic carbocycles. The summed E-state index contributed by atoms with van der Waals surface area (Å²) in [5, 5.41) is 13.6. The summed E-state index contributed by atoms with van der Waals surface area (Å²) in [6.45, 7) is 7.98. The summed E-state index contributed by atoms with van der Waals surface area (Å²) in [6.07, 6.45) is -0.641. The highest BCUT2D eigenvalue weighted by Crippen LogP contribution is 2.25. The molecule has 1 atom stereocenters. The topological polar surface area (TPSA) is 96.7 Å². The lowest BCUT2D eigenvalue weighted by atomic mass is 10.0. The van der Waals surface area contributed by atoms with Crippen molar-refractivity contribution in [2.45, 2.75) is 59.0 Å². The summed E-state index contributed by atoms with van der Waals surface area (Å²) >= 11 is 2.25. The summed E-state index contributed by atoms with van der Waals surface area (Å²) in [5.41, 5.74) is 1.73. The van der Waals surface area contributed by atoms with Crippen LogP contribution in [0.3, 0.4) is 0 Å². The molecular weight excluding hydrogens is 571 g/mol. The number of carbonyl (C=O) groups is 1. The average molecular weight is 602 g/mol. The Morgan fingerprint density at radius 3 is 2.50 bits per heavy atom. The number of hydrogen-bond acceptors (Lipinski definition) is 6. The van der Waals surface area contributed by atoms with Crippen LogP contribution in [0.5, 0.6) is 5.75 Å². The number of amides is 1. The highest BCUT2D eigenvalue weighted by Gasteiger charge is 2.37. The molecule has 4 rings (SSSR count). The molecule has 1 aliphatic heterocycles. The number of aliphatic hydroxyl groups excluding tert-OH is 1. The summed E-state index contributed by atoms with van der Waals surface area (Å²) in [6, 6.07) is 15.6. The number of aryl methyl sites for hydroxylation is 1. The maximum Gasteiger partial charge on any atom is 0.266 e. The van der Waals surface area contributed by atoms with E-state index in [-0.39, 0.29) is 18.0 Å². The number of fused-ring (bicyclic) bond motifs is 1. The van der Waals surface area contributed by atoms with Gasteiger partial charge in [0.1, 0.15) is 12.0 Å². The van der Waals surface area contributed by atoms with Gasteiger partial charge >= 0.3 is 0 Å². The number of aromatic nitrogens is 2. The number of nitrogens with zero attached hydrogens (tertiary/aromatic N) is 3. The predicted molar refractivity (Wildman–Crippen MR) is 147 cm³/mol. The highest BCUT2D eigenvalue weighted by molar-refractivity contribution is 14.1. The molecule has 190 valence electrons. The third-order valence-electron chi connectivity index (χ3n) is 6.20. The van der Waals surface area contributed by atoms with Gasteiger partial charge < -0.3 is 20.1 Å². The van der Waals surface area contributed by atoms with Gasteiger partial charge in [0.2, 0.25) is 5.95 Å². The molecule has 2 N–H and O–H groups in total. The van der Waals surface area contributed by atoms with E-state index < -0.39 is 11.8 Å². The molecule has 3 aromatic rings. The molecule has 0 bridgehead atoms. The second-order valence-electron chi connectivity index (χ2n) is 9.55. The normalized spacial score (nSPS) is 14.2. The Labute approximate surface area is 224 Å². The molecule has 0 saturated heterocycles. The third-order valence-corrected chi connectivity index (χ3v) is 6.91. The van der Waals surface area contributed by atoms with E-state index >= 15 is 0 Å². The minimum atomic E-state index is -1.11. The van der Waals surface area contributed by atoms with Gasteiger partial charge in [0.25, 0.3) is 11.5 Å². The fraction of sp³-hybridized carbons (Fsp3) is 0.370. The van der Waals surface area contributed by atoms with Crippen molar-refractivity contribution in [1.82, 2.24) is 14.5 Å². The first-order valence-corrected chi connectivity index (χ1v) is 13.0. The molecule has 2 aromatic carbocycles. The van der Waals surface area contributed by atoms with Crippen molar-refractivity contribution >= 4 is 34.4 Å². The maximum absolute atomic E-state index is 13.4. The number of ether oxygens (including phenoxy) is 1. The van der Waals surface area contributed by atoms with Crippen molar-refractivity contribution in [2.24, 2.45) is 0 Å². The Kier molecular flexibility index (Phi) is 7.70. The smallest absolute Gasteiger partial charge is 0.266 e. The van der Waals surface area contributed by atoms with E-state index in [1.54, 1.807) is 18.7 Å². The van der Waals surface area contributed by atoms with Crippen molar-refractivity contribution in [2.75, 3.05) is 11.9 Å². The van der Waals surface area contributed by atoms with Gasteiger partial charge in [-0.2, -0.15) is 0 Å². The first kappa shape index (κ1) is 26.2. The number of anilines is 1. The monoisotopic (exact) mass is 602 g/mol. The molecule has 8 nitrogen and oxygen atoms in total. The zero-order valence-electron chi connectivity index (χ0n) is 20.9. The van der Waals surface area contributed by atoms with Crippen LogP contribution < -0.4 is 15.6 Å². The Bertz CT molecular complexity index is 1300. The van der Waals surface area contributed by atoms with E-state index in [0.29, 0.717) is 42.5 Å². The Morgan fingerprint density at radius 1 is 1.19 bits per heavy atom. The molecule has 36 heavy (non-hydrogen) atoms. The fourth-order valence-electron chi connectivity index (χ4n) is 4.24. The van der Waals surface area contributed by atoms with Crippen LogP contribution in [0.1, 0.15) is 49.4 Å². The zero-order valence-corrected chi connectivity index (χ0v) is 23.1. The van der Waals surface area contributed by atoms with E-state index in [4.69, 9.17) is 4.74 Å². The van der Waals surface area contributed by atoms with Crippen molar-refractivity contribution < 1.29 is 14.6 Å². The molecule has 2 heterocycles. The van der Waals surface area contributed by atoms with Crippen molar-refractivity contribution in [1.29, 1.82) is 0 Å². The molecule has 9 heteroatoms. The minimum absolute atomic E-state index is 0.116. The summed E-state index contributed by atoms with van der Waals surface area (Å²) in [4.78, 5) is 33.1. The highest BCUT2D eigenvalue weighted by atomic mass is 127. The summed E-state index contributed by atoms with van der Waals surface area (Å²) in [5.74, 6) is 0.714. The van der Waals surface area contributed by atoms with Crippen LogP contribution in [0.25, 0.3) is 0 Å². The Hall–Kier alpha value is -2.92. The van der Waals surface area contributed by atoms with Crippen LogP contribution in [0.2, 0.25) is 0 Å². The van der Waals surface area contributed by atoms with Crippen LogP contribution in [-0.2, 0) is 24.3 Å². The molecule has 1 amide bonds. The van der Waals surface area contributed by atoms with Gasteiger partial charge in [-0.05, 0) is 80.1 Å². The van der Waals surface area contributed by atoms with Gasteiger partial charge in [-0.25, -0.2) is 4.98 Å². The molecule has 0 radical (unpaired) electrons. The van der Waals surface area contributed by atoms with E-state index in [2.05, 4.69) is 32.9 Å². The zero-order chi connectivity index (χ0) is 26.0. The van der Waals surface area contributed by atoms with Crippen molar-refractivity contribution in [3.05, 3.63) is 84.8 Å². The second-order valence-corrected chi connectivity index (χ2v) is 10.8. The molecule has 0 spiro atoms. The molecule has 1 aromatic heterocycles. The van der Waals surface area contributed by atoms with Gasteiger partial charge in [0, 0.05) is 23.1 Å². The molecule has 1 aliphatic rings. The number of aliphatic hydroxyl groups is 1. The van der Waals surface area contributed by atoms with Crippen LogP contribution in [0.4, 0.5) is 5.95 Å². The SMILES string of the molecule is Cc1ccc(OC(C)(C)C(=O)N2CCc3nc(NCc4ccc(I)cc4)n(C(C)O)c(=O)c3C2)cc1. The van der Waals surface area contributed by atoms with Crippen LogP contribution >= 0.6 is 22.6 Å². The standard InChI is InChI=1S/C27H31IN4O4/c1-17-5-11-21(12-6-17)36-27(3,4)25(35)31-14-13-23-22(16-31)24(34)32(18(2)33)26(30-23)29-15-19-7-9-20(28)10-8-19/h5-12,18,33H,13-16H2,1-4H3,(H,29,30). The Balaban J connectivity index is 1.55. The summed E-state index contributed by atoms with van der Waals surface area (Å²) in [7, 11) is 0. The fourth-order valence-corrected chi connectivity index (χ4v) is 4.60. The number of hydrogen-bond donors (Lipinski definition) is 2. The minimum Gasteiger partial charge on any atom is -0.478 e. The Morgan fingerprint density at radius 2 is 1.86 bits per heavy atom. The first-order valence-electron chi connectivity index (χ1n) is 11.9.